The van der Waals surface area contributed by atoms with Crippen molar-refractivity contribution in [3.8, 4) is 11.1 Å². The van der Waals surface area contributed by atoms with Crippen molar-refractivity contribution in [2.24, 2.45) is 5.92 Å². The number of piperidine rings is 1. The molecule has 168 valence electrons. The highest BCUT2D eigenvalue weighted by Gasteiger charge is 2.27. The van der Waals surface area contributed by atoms with Gasteiger partial charge in [-0.05, 0) is 44.3 Å². The van der Waals surface area contributed by atoms with Gasteiger partial charge >= 0.3 is 0 Å². The van der Waals surface area contributed by atoms with Crippen molar-refractivity contribution < 1.29 is 4.79 Å². The number of benzene rings is 1. The summed E-state index contributed by atoms with van der Waals surface area (Å²) in [6.45, 7) is 5.27. The minimum absolute atomic E-state index is 0.0839. The van der Waals surface area contributed by atoms with Crippen molar-refractivity contribution in [2.45, 2.75) is 25.7 Å². The molecule has 2 fully saturated rings. The summed E-state index contributed by atoms with van der Waals surface area (Å²) in [5.41, 5.74) is 2.65. The summed E-state index contributed by atoms with van der Waals surface area (Å²) in [4.78, 5) is 37.8. The van der Waals surface area contributed by atoms with Gasteiger partial charge in [-0.2, -0.15) is 0 Å². The van der Waals surface area contributed by atoms with Gasteiger partial charge in [0.15, 0.2) is 0 Å². The van der Waals surface area contributed by atoms with Gasteiger partial charge in [-0.3, -0.25) is 14.6 Å². The normalized spacial score (nSPS) is 19.5. The van der Waals surface area contributed by atoms with E-state index in [2.05, 4.69) is 20.1 Å². The molecule has 4 heterocycles. The van der Waals surface area contributed by atoms with Crippen LogP contribution in [0.4, 0.5) is 5.95 Å². The Hall–Kier alpha value is -2.71. The average Bonchev–Trinajstić information content (AvgIpc) is 3.50. The van der Waals surface area contributed by atoms with Gasteiger partial charge in [0, 0.05) is 37.1 Å². The quantitative estimate of drug-likeness (QED) is 0.602. The summed E-state index contributed by atoms with van der Waals surface area (Å²) in [5.74, 6) is 0.588. The fraction of sp³-hybridized carbons (Fsp3) is 0.458. The van der Waals surface area contributed by atoms with E-state index >= 15 is 0 Å². The molecule has 0 bridgehead atoms. The Kier molecular flexibility index (Phi) is 6.23. The Bertz CT molecular complexity index is 1140. The first-order valence-electron chi connectivity index (χ1n) is 11.5. The lowest BCUT2D eigenvalue weighted by molar-refractivity contribution is -0.125. The van der Waals surface area contributed by atoms with Gasteiger partial charge in [-0.15, -0.1) is 11.3 Å². The van der Waals surface area contributed by atoms with Gasteiger partial charge in [-0.1, -0.05) is 30.3 Å². The van der Waals surface area contributed by atoms with E-state index in [0.717, 1.165) is 55.7 Å². The molecule has 32 heavy (non-hydrogen) atoms. The summed E-state index contributed by atoms with van der Waals surface area (Å²) in [7, 11) is 0. The predicted octanol–water partition coefficient (Wildman–Crippen LogP) is 3.08. The van der Waals surface area contributed by atoms with Crippen molar-refractivity contribution in [2.75, 3.05) is 44.2 Å². The molecule has 2 aliphatic heterocycles. The molecule has 2 aromatic heterocycles. The number of amides is 1. The van der Waals surface area contributed by atoms with Crippen LogP contribution in [-0.4, -0.2) is 60.0 Å². The fourth-order valence-corrected chi connectivity index (χ4v) is 5.67. The summed E-state index contributed by atoms with van der Waals surface area (Å²) in [6, 6.07) is 10.0. The summed E-state index contributed by atoms with van der Waals surface area (Å²) in [5, 5.41) is 5.12. The van der Waals surface area contributed by atoms with Crippen LogP contribution >= 0.6 is 11.3 Å². The molecule has 7 nitrogen and oxygen atoms in total. The molecule has 0 saturated carbocycles. The number of carbonyl (C=O) groups excluding carboxylic acids is 1. The minimum atomic E-state index is -0.116. The fourth-order valence-electron chi connectivity index (χ4n) is 4.76. The maximum Gasteiger partial charge on any atom is 0.270 e. The number of hydrogen-bond acceptors (Lipinski definition) is 6. The second kappa shape index (κ2) is 9.42. The number of aromatic nitrogens is 2. The Labute approximate surface area is 191 Å². The molecule has 2 N–H and O–H groups in total. The summed E-state index contributed by atoms with van der Waals surface area (Å²) < 4.78 is 0.640. The van der Waals surface area contributed by atoms with E-state index in [4.69, 9.17) is 4.98 Å². The number of thiophene rings is 1. The monoisotopic (exact) mass is 451 g/mol. The topological polar surface area (TPSA) is 81.3 Å². The lowest BCUT2D eigenvalue weighted by Gasteiger charge is -2.32. The van der Waals surface area contributed by atoms with E-state index < -0.39 is 0 Å². The first kappa shape index (κ1) is 21.2. The van der Waals surface area contributed by atoms with Gasteiger partial charge in [-0.25, -0.2) is 4.98 Å². The number of carbonyl (C=O) groups is 1. The zero-order valence-corrected chi connectivity index (χ0v) is 19.0. The second-order valence-corrected chi connectivity index (χ2v) is 9.59. The Morgan fingerprint density at radius 3 is 2.78 bits per heavy atom. The number of H-pyrrole nitrogens is 1. The summed E-state index contributed by atoms with van der Waals surface area (Å²) >= 11 is 1.42. The number of fused-ring (bicyclic) bond motifs is 1. The zero-order chi connectivity index (χ0) is 21.9. The van der Waals surface area contributed by atoms with Crippen molar-refractivity contribution >= 4 is 33.4 Å². The first-order chi connectivity index (χ1) is 15.7. The van der Waals surface area contributed by atoms with E-state index in [1.165, 1.54) is 24.2 Å². The van der Waals surface area contributed by atoms with Crippen LogP contribution in [0.15, 0.2) is 40.5 Å². The largest absolute Gasteiger partial charge is 0.355 e. The van der Waals surface area contributed by atoms with E-state index in [0.29, 0.717) is 23.7 Å². The van der Waals surface area contributed by atoms with Crippen LogP contribution < -0.4 is 15.8 Å². The molecule has 1 aromatic carbocycles. The molecule has 1 amide bonds. The lowest BCUT2D eigenvalue weighted by atomic mass is 9.97. The molecule has 0 spiro atoms. The Morgan fingerprint density at radius 1 is 1.16 bits per heavy atom. The Morgan fingerprint density at radius 2 is 1.97 bits per heavy atom. The van der Waals surface area contributed by atoms with Gasteiger partial charge in [0.25, 0.3) is 5.56 Å². The van der Waals surface area contributed by atoms with E-state index in [1.54, 1.807) is 0 Å². The van der Waals surface area contributed by atoms with Crippen molar-refractivity contribution in [3.63, 3.8) is 0 Å². The number of likely N-dealkylation sites (tertiary alicyclic amines) is 1. The highest BCUT2D eigenvalue weighted by atomic mass is 32.1. The Balaban J connectivity index is 1.31. The lowest BCUT2D eigenvalue weighted by Crippen LogP contribution is -2.45. The van der Waals surface area contributed by atoms with Crippen molar-refractivity contribution in [1.82, 2.24) is 20.2 Å². The number of aromatic amines is 1. The molecule has 2 aliphatic rings. The third kappa shape index (κ3) is 4.42. The molecule has 3 aromatic rings. The van der Waals surface area contributed by atoms with E-state index in [-0.39, 0.29) is 17.4 Å². The van der Waals surface area contributed by atoms with E-state index in [1.807, 2.05) is 35.7 Å². The predicted molar refractivity (Wildman–Crippen MR) is 129 cm³/mol. The molecule has 8 heteroatoms. The van der Waals surface area contributed by atoms with Crippen molar-refractivity contribution in [3.05, 3.63) is 46.1 Å². The number of anilines is 1. The SMILES string of the molecule is O=C(NCCN1CCCC1)C1CCCN(c2nc3c(-c4ccccc4)csc3c(=O)[nH]2)C1. The molecule has 0 radical (unpaired) electrons. The van der Waals surface area contributed by atoms with Gasteiger partial charge in [0.05, 0.1) is 11.4 Å². The van der Waals surface area contributed by atoms with Crippen LogP contribution in [0.1, 0.15) is 25.7 Å². The molecule has 5 rings (SSSR count). The van der Waals surface area contributed by atoms with Gasteiger partial charge in [0.1, 0.15) is 4.70 Å². The van der Waals surface area contributed by atoms with Gasteiger partial charge in [0.2, 0.25) is 11.9 Å². The van der Waals surface area contributed by atoms with Crippen LogP contribution in [0.5, 0.6) is 0 Å². The molecule has 0 aliphatic carbocycles. The highest BCUT2D eigenvalue weighted by Crippen LogP contribution is 2.32. The van der Waals surface area contributed by atoms with Crippen LogP contribution in [0, 0.1) is 5.92 Å². The van der Waals surface area contributed by atoms with Crippen LogP contribution in [-0.2, 0) is 4.79 Å². The standard InChI is InChI=1S/C24H29N5O2S/c30-22(25-10-14-28-11-4-5-12-28)18-9-6-13-29(15-18)24-26-20-19(17-7-2-1-3-8-17)16-32-21(20)23(31)27-24/h1-3,7-8,16,18H,4-6,9-15H2,(H,25,30)(H,26,27,31). The molecule has 1 atom stereocenters. The molecule has 2 saturated heterocycles. The number of hydrogen-bond donors (Lipinski definition) is 2. The number of rotatable bonds is 6. The number of nitrogens with zero attached hydrogens (tertiary/aromatic N) is 3. The molecular weight excluding hydrogens is 422 g/mol. The van der Waals surface area contributed by atoms with Crippen molar-refractivity contribution in [1.29, 1.82) is 0 Å². The summed E-state index contributed by atoms with van der Waals surface area (Å²) in [6.07, 6.45) is 4.29. The third-order valence-electron chi connectivity index (χ3n) is 6.52. The van der Waals surface area contributed by atoms with Crippen LogP contribution in [0.3, 0.4) is 0 Å². The maximum atomic E-state index is 12.8. The molecular formula is C24H29N5O2S. The minimum Gasteiger partial charge on any atom is -0.355 e. The van der Waals surface area contributed by atoms with Crippen LogP contribution in [0.2, 0.25) is 0 Å². The third-order valence-corrected chi connectivity index (χ3v) is 7.48. The average molecular weight is 452 g/mol. The number of nitrogens with one attached hydrogen (secondary N) is 2. The molecule has 1 unspecified atom stereocenters. The van der Waals surface area contributed by atoms with Crippen LogP contribution in [0.25, 0.3) is 21.3 Å². The van der Waals surface area contributed by atoms with Gasteiger partial charge < -0.3 is 15.1 Å². The maximum absolute atomic E-state index is 12.8. The first-order valence-corrected chi connectivity index (χ1v) is 12.4. The smallest absolute Gasteiger partial charge is 0.270 e. The zero-order valence-electron chi connectivity index (χ0n) is 18.2. The van der Waals surface area contributed by atoms with E-state index in [9.17, 15) is 9.59 Å². The second-order valence-electron chi connectivity index (χ2n) is 8.71. The highest BCUT2D eigenvalue weighted by molar-refractivity contribution is 7.17.